The minimum absolute atomic E-state index is 0.486. The van der Waals surface area contributed by atoms with Crippen LogP contribution in [0.5, 0.6) is 11.5 Å². The lowest BCUT2D eigenvalue weighted by Crippen LogP contribution is -2.38. The van der Waals surface area contributed by atoms with Crippen molar-refractivity contribution < 1.29 is 9.47 Å². The summed E-state index contributed by atoms with van der Waals surface area (Å²) in [6.07, 6.45) is 2.59. The second-order valence-corrected chi connectivity index (χ2v) is 6.40. The summed E-state index contributed by atoms with van der Waals surface area (Å²) < 4.78 is 11.3. The van der Waals surface area contributed by atoms with Crippen molar-refractivity contribution in [3.8, 4) is 11.5 Å². The lowest BCUT2D eigenvalue weighted by Gasteiger charge is -2.14. The highest BCUT2D eigenvalue weighted by Gasteiger charge is 2.06. The molecule has 0 bridgehead atoms. The van der Waals surface area contributed by atoms with Crippen LogP contribution in [0.3, 0.4) is 0 Å². The van der Waals surface area contributed by atoms with Crippen molar-refractivity contribution in [1.29, 1.82) is 0 Å². The molecule has 28 heavy (non-hydrogen) atoms. The molecule has 6 nitrogen and oxygen atoms in total. The first-order valence-electron chi connectivity index (χ1n) is 9.67. The molecule has 0 spiro atoms. The summed E-state index contributed by atoms with van der Waals surface area (Å²) in [5, 5.41) is 7.10. The molecule has 0 amide bonds. The maximum Gasteiger partial charge on any atom is 0.191 e. The van der Waals surface area contributed by atoms with Crippen LogP contribution < -0.4 is 20.1 Å². The molecule has 1 aromatic carbocycles. The summed E-state index contributed by atoms with van der Waals surface area (Å²) in [6.45, 7) is 9.30. The Morgan fingerprint density at radius 3 is 2.43 bits per heavy atom. The summed E-state index contributed by atoms with van der Waals surface area (Å²) in [4.78, 5) is 8.68. The quantitative estimate of drug-likeness (QED) is 0.358. The standard InChI is InChI=1S/C21H29ClN4O2/c1-4-23-21(26-15-17-8-10-20(22)25-14-17)24-12-11-16-7-9-18(27-5-2)19(13-16)28-6-3/h7-10,13-14H,4-6,11-12,15H2,1-3H3,(H2,23,24,26). The predicted molar refractivity (Wildman–Crippen MR) is 115 cm³/mol. The highest BCUT2D eigenvalue weighted by atomic mass is 35.5. The normalized spacial score (nSPS) is 11.2. The van der Waals surface area contributed by atoms with E-state index in [4.69, 9.17) is 21.1 Å². The molecule has 0 saturated heterocycles. The largest absolute Gasteiger partial charge is 0.490 e. The summed E-state index contributed by atoms with van der Waals surface area (Å²) in [5.41, 5.74) is 2.19. The van der Waals surface area contributed by atoms with Gasteiger partial charge in [-0.25, -0.2) is 9.98 Å². The van der Waals surface area contributed by atoms with Crippen molar-refractivity contribution in [2.45, 2.75) is 33.7 Å². The van der Waals surface area contributed by atoms with Gasteiger partial charge in [-0.1, -0.05) is 23.7 Å². The zero-order valence-corrected chi connectivity index (χ0v) is 17.6. The van der Waals surface area contributed by atoms with Gasteiger partial charge in [0, 0.05) is 19.3 Å². The lowest BCUT2D eigenvalue weighted by molar-refractivity contribution is 0.287. The Morgan fingerprint density at radius 2 is 1.75 bits per heavy atom. The summed E-state index contributed by atoms with van der Waals surface area (Å²) in [5.74, 6) is 2.35. The van der Waals surface area contributed by atoms with Gasteiger partial charge in [-0.15, -0.1) is 0 Å². The van der Waals surface area contributed by atoms with E-state index in [9.17, 15) is 0 Å². The van der Waals surface area contributed by atoms with E-state index < -0.39 is 0 Å². The van der Waals surface area contributed by atoms with Crippen LogP contribution in [0.15, 0.2) is 41.5 Å². The fourth-order valence-corrected chi connectivity index (χ4v) is 2.70. The summed E-state index contributed by atoms with van der Waals surface area (Å²) in [7, 11) is 0. The Morgan fingerprint density at radius 1 is 1.00 bits per heavy atom. The monoisotopic (exact) mass is 404 g/mol. The first-order chi connectivity index (χ1) is 13.7. The van der Waals surface area contributed by atoms with E-state index in [1.54, 1.807) is 12.3 Å². The van der Waals surface area contributed by atoms with Gasteiger partial charge >= 0.3 is 0 Å². The lowest BCUT2D eigenvalue weighted by atomic mass is 10.1. The van der Waals surface area contributed by atoms with E-state index in [2.05, 4.69) is 26.7 Å². The second-order valence-electron chi connectivity index (χ2n) is 6.01. The Bertz CT molecular complexity index is 751. The van der Waals surface area contributed by atoms with E-state index >= 15 is 0 Å². The van der Waals surface area contributed by atoms with Crippen LogP contribution in [0.2, 0.25) is 5.15 Å². The Labute approximate surface area is 172 Å². The van der Waals surface area contributed by atoms with Crippen molar-refractivity contribution in [3.63, 3.8) is 0 Å². The minimum Gasteiger partial charge on any atom is -0.490 e. The molecule has 2 N–H and O–H groups in total. The Balaban J connectivity index is 1.93. The van der Waals surface area contributed by atoms with E-state index in [1.807, 2.05) is 39.0 Å². The zero-order chi connectivity index (χ0) is 20.2. The van der Waals surface area contributed by atoms with E-state index in [-0.39, 0.29) is 0 Å². The van der Waals surface area contributed by atoms with Gasteiger partial charge < -0.3 is 20.1 Å². The molecule has 0 aliphatic heterocycles. The summed E-state index contributed by atoms with van der Waals surface area (Å²) in [6, 6.07) is 9.78. The molecular weight excluding hydrogens is 376 g/mol. The number of nitrogens with one attached hydrogen (secondary N) is 2. The molecule has 0 aliphatic rings. The molecule has 0 radical (unpaired) electrons. The van der Waals surface area contributed by atoms with Gasteiger partial charge in [0.25, 0.3) is 0 Å². The van der Waals surface area contributed by atoms with Gasteiger partial charge in [-0.3, -0.25) is 0 Å². The third kappa shape index (κ3) is 7.27. The summed E-state index contributed by atoms with van der Waals surface area (Å²) >= 11 is 5.82. The molecular formula is C21H29ClN4O2. The molecule has 7 heteroatoms. The number of aliphatic imine (C=N–C) groups is 1. The fraction of sp³-hybridized carbons (Fsp3) is 0.429. The number of halogens is 1. The Hall–Kier alpha value is -2.47. The van der Waals surface area contributed by atoms with Crippen LogP contribution in [0, 0.1) is 0 Å². The molecule has 2 rings (SSSR count). The molecule has 0 aliphatic carbocycles. The first-order valence-corrected chi connectivity index (χ1v) is 10.0. The minimum atomic E-state index is 0.486. The number of pyridine rings is 1. The number of rotatable bonds is 10. The number of benzene rings is 1. The third-order valence-corrected chi connectivity index (χ3v) is 4.09. The molecule has 0 unspecified atom stereocenters. The topological polar surface area (TPSA) is 67.8 Å². The number of aromatic nitrogens is 1. The third-order valence-electron chi connectivity index (χ3n) is 3.87. The van der Waals surface area contributed by atoms with Crippen LogP contribution >= 0.6 is 11.6 Å². The van der Waals surface area contributed by atoms with Gasteiger partial charge in [-0.05, 0) is 56.5 Å². The highest BCUT2D eigenvalue weighted by molar-refractivity contribution is 6.29. The van der Waals surface area contributed by atoms with Crippen LogP contribution in [0.25, 0.3) is 0 Å². The van der Waals surface area contributed by atoms with Crippen molar-refractivity contribution in [1.82, 2.24) is 15.6 Å². The second kappa shape index (κ2) is 12.1. The van der Waals surface area contributed by atoms with Gasteiger partial charge in [0.15, 0.2) is 17.5 Å². The van der Waals surface area contributed by atoms with Crippen LogP contribution in [0.1, 0.15) is 31.9 Å². The first kappa shape index (κ1) is 21.8. The molecule has 0 atom stereocenters. The number of ether oxygens (including phenoxy) is 2. The van der Waals surface area contributed by atoms with Crippen molar-refractivity contribution in [2.75, 3.05) is 26.3 Å². The molecule has 0 fully saturated rings. The number of hydrogen-bond acceptors (Lipinski definition) is 4. The van der Waals surface area contributed by atoms with E-state index in [0.29, 0.717) is 24.9 Å². The number of guanidine groups is 1. The van der Waals surface area contributed by atoms with Gasteiger partial charge in [0.1, 0.15) is 5.15 Å². The smallest absolute Gasteiger partial charge is 0.191 e. The fourth-order valence-electron chi connectivity index (χ4n) is 2.59. The van der Waals surface area contributed by atoms with E-state index in [1.165, 1.54) is 5.56 Å². The van der Waals surface area contributed by atoms with Crippen molar-refractivity contribution >= 4 is 17.6 Å². The highest BCUT2D eigenvalue weighted by Crippen LogP contribution is 2.28. The van der Waals surface area contributed by atoms with Crippen LogP contribution in [0.4, 0.5) is 0 Å². The molecule has 152 valence electrons. The average Bonchev–Trinajstić information content (AvgIpc) is 2.69. The number of hydrogen-bond donors (Lipinski definition) is 2. The maximum atomic E-state index is 5.82. The SMILES string of the molecule is CCNC(=NCc1ccc(Cl)nc1)NCCc1ccc(OCC)c(OCC)c1. The molecule has 1 heterocycles. The number of nitrogens with zero attached hydrogens (tertiary/aromatic N) is 2. The molecule has 1 aromatic heterocycles. The Kier molecular flexibility index (Phi) is 9.42. The maximum absolute atomic E-state index is 5.82. The van der Waals surface area contributed by atoms with Gasteiger partial charge in [0.05, 0.1) is 19.8 Å². The van der Waals surface area contributed by atoms with Crippen molar-refractivity contribution in [3.05, 3.63) is 52.8 Å². The van der Waals surface area contributed by atoms with Crippen molar-refractivity contribution in [2.24, 2.45) is 4.99 Å². The van der Waals surface area contributed by atoms with Crippen LogP contribution in [-0.4, -0.2) is 37.2 Å². The molecule has 2 aromatic rings. The van der Waals surface area contributed by atoms with E-state index in [0.717, 1.165) is 42.5 Å². The zero-order valence-electron chi connectivity index (χ0n) is 16.8. The van der Waals surface area contributed by atoms with Gasteiger partial charge in [-0.2, -0.15) is 0 Å². The average molecular weight is 405 g/mol. The van der Waals surface area contributed by atoms with Crippen LogP contribution in [-0.2, 0) is 13.0 Å². The molecule has 0 saturated carbocycles. The van der Waals surface area contributed by atoms with Gasteiger partial charge in [0.2, 0.25) is 0 Å². The predicted octanol–water partition coefficient (Wildman–Crippen LogP) is 3.83.